The second-order valence-electron chi connectivity index (χ2n) is 5.68. The maximum Gasteiger partial charge on any atom is 0.272 e. The molecule has 0 spiro atoms. The average molecular weight is 351 g/mol. The van der Waals surface area contributed by atoms with Crippen molar-refractivity contribution in [3.05, 3.63) is 47.8 Å². The van der Waals surface area contributed by atoms with Gasteiger partial charge in [-0.2, -0.15) is 5.10 Å². The van der Waals surface area contributed by atoms with Gasteiger partial charge in [0.05, 0.1) is 13.2 Å². The van der Waals surface area contributed by atoms with E-state index in [1.165, 1.54) is 0 Å². The van der Waals surface area contributed by atoms with Crippen LogP contribution in [0.15, 0.2) is 36.5 Å². The highest BCUT2D eigenvalue weighted by Crippen LogP contribution is 2.17. The second kappa shape index (κ2) is 8.70. The molecule has 130 valence electrons. The highest BCUT2D eigenvalue weighted by atomic mass is 35.5. The molecule has 24 heavy (non-hydrogen) atoms. The lowest BCUT2D eigenvalue weighted by atomic mass is 10.1. The van der Waals surface area contributed by atoms with Crippen molar-refractivity contribution in [1.29, 1.82) is 0 Å². The summed E-state index contributed by atoms with van der Waals surface area (Å²) >= 11 is 0. The van der Waals surface area contributed by atoms with Gasteiger partial charge < -0.3 is 15.4 Å². The number of carbonyl (C=O) groups is 1. The van der Waals surface area contributed by atoms with Crippen molar-refractivity contribution < 1.29 is 9.53 Å². The zero-order chi connectivity index (χ0) is 16.1. The van der Waals surface area contributed by atoms with E-state index in [0.29, 0.717) is 18.3 Å². The summed E-state index contributed by atoms with van der Waals surface area (Å²) in [6.07, 6.45) is 4.12. The third kappa shape index (κ3) is 4.27. The lowest BCUT2D eigenvalue weighted by Gasteiger charge is -2.22. The molecule has 0 radical (unpaired) electrons. The number of benzene rings is 1. The highest BCUT2D eigenvalue weighted by Gasteiger charge is 2.17. The van der Waals surface area contributed by atoms with Crippen LogP contribution in [0.25, 0.3) is 0 Å². The minimum atomic E-state index is -0.168. The fourth-order valence-electron chi connectivity index (χ4n) is 2.84. The van der Waals surface area contributed by atoms with Crippen molar-refractivity contribution in [3.8, 4) is 5.75 Å². The number of hydrogen-bond donors (Lipinski definition) is 2. The van der Waals surface area contributed by atoms with E-state index in [9.17, 15) is 4.79 Å². The minimum Gasteiger partial charge on any atom is -0.496 e. The first-order chi connectivity index (χ1) is 11.3. The summed E-state index contributed by atoms with van der Waals surface area (Å²) in [5.74, 6) is 0.602. The van der Waals surface area contributed by atoms with Crippen LogP contribution in [0.2, 0.25) is 0 Å². The summed E-state index contributed by atoms with van der Waals surface area (Å²) in [4.78, 5) is 12.3. The molecule has 1 aromatic heterocycles. The molecule has 0 saturated carbocycles. The Morgan fingerprint density at radius 1 is 1.42 bits per heavy atom. The molecule has 1 amide bonds. The highest BCUT2D eigenvalue weighted by molar-refractivity contribution is 5.92. The van der Waals surface area contributed by atoms with E-state index in [-0.39, 0.29) is 18.3 Å². The molecule has 6 nitrogen and oxygen atoms in total. The largest absolute Gasteiger partial charge is 0.496 e. The van der Waals surface area contributed by atoms with Crippen LogP contribution in [-0.4, -0.2) is 35.9 Å². The maximum atomic E-state index is 12.3. The summed E-state index contributed by atoms with van der Waals surface area (Å²) in [5.41, 5.74) is 1.39. The number of methoxy groups -OCH3 is 1. The number of rotatable bonds is 5. The van der Waals surface area contributed by atoms with Crippen LogP contribution in [0.3, 0.4) is 0 Å². The number of halogens is 1. The second-order valence-corrected chi connectivity index (χ2v) is 5.68. The molecule has 0 aliphatic carbocycles. The van der Waals surface area contributed by atoms with Gasteiger partial charge >= 0.3 is 0 Å². The Morgan fingerprint density at radius 3 is 3.00 bits per heavy atom. The maximum absolute atomic E-state index is 12.3. The molecule has 1 saturated heterocycles. The Hall–Kier alpha value is -2.05. The van der Waals surface area contributed by atoms with Gasteiger partial charge in [-0.05, 0) is 31.5 Å². The molecule has 1 fully saturated rings. The number of carbonyl (C=O) groups excluding carboxylic acids is 1. The molecule has 1 aliphatic heterocycles. The number of hydrogen-bond acceptors (Lipinski definition) is 4. The van der Waals surface area contributed by atoms with Gasteiger partial charge in [0, 0.05) is 24.8 Å². The van der Waals surface area contributed by atoms with Crippen LogP contribution in [0.4, 0.5) is 0 Å². The molecule has 1 aromatic carbocycles. The van der Waals surface area contributed by atoms with Crippen LogP contribution in [0, 0.1) is 0 Å². The molecule has 7 heteroatoms. The summed E-state index contributed by atoms with van der Waals surface area (Å²) in [6, 6.07) is 9.75. The Balaban J connectivity index is 0.00000208. The minimum absolute atomic E-state index is 0. The van der Waals surface area contributed by atoms with E-state index in [4.69, 9.17) is 4.74 Å². The fourth-order valence-corrected chi connectivity index (χ4v) is 2.84. The van der Waals surface area contributed by atoms with Gasteiger partial charge in [-0.1, -0.05) is 18.2 Å². The summed E-state index contributed by atoms with van der Waals surface area (Å²) in [7, 11) is 1.63. The molecular weight excluding hydrogens is 328 g/mol. The summed E-state index contributed by atoms with van der Waals surface area (Å²) in [6.45, 7) is 2.38. The molecular formula is C17H23ClN4O2. The number of ether oxygens (including phenoxy) is 1. The van der Waals surface area contributed by atoms with E-state index in [2.05, 4.69) is 15.7 Å². The Labute approximate surface area is 148 Å². The van der Waals surface area contributed by atoms with Crippen molar-refractivity contribution in [3.63, 3.8) is 0 Å². The molecule has 1 aliphatic rings. The van der Waals surface area contributed by atoms with Crippen molar-refractivity contribution >= 4 is 18.3 Å². The van der Waals surface area contributed by atoms with Gasteiger partial charge in [0.15, 0.2) is 0 Å². The van der Waals surface area contributed by atoms with Crippen molar-refractivity contribution in [2.45, 2.75) is 25.4 Å². The SMILES string of the molecule is COc1ccccc1CNC(=O)c1ccn(C2CCCNC2)n1.Cl. The monoisotopic (exact) mass is 350 g/mol. The third-order valence-corrected chi connectivity index (χ3v) is 4.12. The third-order valence-electron chi connectivity index (χ3n) is 4.12. The van der Waals surface area contributed by atoms with Crippen LogP contribution in [0.5, 0.6) is 5.75 Å². The van der Waals surface area contributed by atoms with E-state index >= 15 is 0 Å². The first-order valence-corrected chi connectivity index (χ1v) is 7.94. The average Bonchev–Trinajstić information content (AvgIpc) is 3.11. The Bertz CT molecular complexity index is 668. The van der Waals surface area contributed by atoms with E-state index in [0.717, 1.165) is 37.2 Å². The van der Waals surface area contributed by atoms with Crippen LogP contribution >= 0.6 is 12.4 Å². The van der Waals surface area contributed by atoms with E-state index in [1.54, 1.807) is 13.2 Å². The molecule has 1 atom stereocenters. The predicted molar refractivity (Wildman–Crippen MR) is 94.8 cm³/mol. The van der Waals surface area contributed by atoms with Gasteiger partial charge in [-0.15, -0.1) is 12.4 Å². The first kappa shape index (κ1) is 18.3. The van der Waals surface area contributed by atoms with E-state index < -0.39 is 0 Å². The summed E-state index contributed by atoms with van der Waals surface area (Å²) < 4.78 is 7.18. The van der Waals surface area contributed by atoms with E-state index in [1.807, 2.05) is 35.1 Å². The number of nitrogens with zero attached hydrogens (tertiary/aromatic N) is 2. The van der Waals surface area contributed by atoms with Crippen molar-refractivity contribution in [1.82, 2.24) is 20.4 Å². The van der Waals surface area contributed by atoms with Gasteiger partial charge in [-0.3, -0.25) is 9.48 Å². The quantitative estimate of drug-likeness (QED) is 0.867. The molecule has 2 aromatic rings. The molecule has 2 heterocycles. The van der Waals surface area contributed by atoms with Gasteiger partial charge in [0.25, 0.3) is 5.91 Å². The lowest BCUT2D eigenvalue weighted by molar-refractivity contribution is 0.0944. The fraction of sp³-hybridized carbons (Fsp3) is 0.412. The first-order valence-electron chi connectivity index (χ1n) is 7.94. The number of nitrogens with one attached hydrogen (secondary N) is 2. The molecule has 1 unspecified atom stereocenters. The topological polar surface area (TPSA) is 68.2 Å². The zero-order valence-corrected chi connectivity index (χ0v) is 14.5. The Morgan fingerprint density at radius 2 is 2.25 bits per heavy atom. The zero-order valence-electron chi connectivity index (χ0n) is 13.7. The van der Waals surface area contributed by atoms with Gasteiger partial charge in [0.1, 0.15) is 11.4 Å². The number of amides is 1. The normalized spacial score (nSPS) is 17.0. The lowest BCUT2D eigenvalue weighted by Crippen LogP contribution is -2.32. The van der Waals surface area contributed by atoms with Crippen molar-refractivity contribution in [2.75, 3.05) is 20.2 Å². The van der Waals surface area contributed by atoms with Gasteiger partial charge in [-0.25, -0.2) is 0 Å². The van der Waals surface area contributed by atoms with Crippen LogP contribution in [0.1, 0.15) is 34.9 Å². The number of aromatic nitrogens is 2. The van der Waals surface area contributed by atoms with Crippen LogP contribution in [-0.2, 0) is 6.54 Å². The number of para-hydroxylation sites is 1. The van der Waals surface area contributed by atoms with Crippen LogP contribution < -0.4 is 15.4 Å². The predicted octanol–water partition coefficient (Wildman–Crippen LogP) is 2.17. The number of piperidine rings is 1. The standard InChI is InChI=1S/C17H22N4O2.ClH/c1-23-16-7-3-2-5-13(16)11-19-17(22)15-8-10-21(20-15)14-6-4-9-18-12-14;/h2-3,5,7-8,10,14,18H,4,6,9,11-12H2,1H3,(H,19,22);1H. The Kier molecular flexibility index (Phi) is 6.63. The molecule has 3 rings (SSSR count). The summed E-state index contributed by atoms with van der Waals surface area (Å²) in [5, 5.41) is 10.7. The molecule has 0 bridgehead atoms. The molecule has 2 N–H and O–H groups in total. The van der Waals surface area contributed by atoms with Crippen molar-refractivity contribution in [2.24, 2.45) is 0 Å². The smallest absolute Gasteiger partial charge is 0.272 e. The van der Waals surface area contributed by atoms with Gasteiger partial charge in [0.2, 0.25) is 0 Å².